The summed E-state index contributed by atoms with van der Waals surface area (Å²) in [7, 11) is 0. The number of carbonyl (C=O) groups is 1. The summed E-state index contributed by atoms with van der Waals surface area (Å²) in [6, 6.07) is 0. The third-order valence-electron chi connectivity index (χ3n) is 2.17. The molecule has 1 aromatic heterocycles. The Kier molecular flexibility index (Phi) is 7.61. The van der Waals surface area contributed by atoms with Crippen molar-refractivity contribution in [3.63, 3.8) is 0 Å². The highest BCUT2D eigenvalue weighted by atomic mass is 32.2. The monoisotopic (exact) mass is 304 g/mol. The van der Waals surface area contributed by atoms with Crippen molar-refractivity contribution in [1.82, 2.24) is 10.3 Å². The van der Waals surface area contributed by atoms with Gasteiger partial charge in [0, 0.05) is 25.4 Å². The van der Waals surface area contributed by atoms with Gasteiger partial charge in [0.1, 0.15) is 10.7 Å². The number of amides is 1. The van der Waals surface area contributed by atoms with E-state index in [-0.39, 0.29) is 18.3 Å². The normalized spacial score (nSPS) is 10.4. The minimum absolute atomic E-state index is 0.179. The van der Waals surface area contributed by atoms with Crippen LogP contribution in [0.25, 0.3) is 0 Å². The lowest BCUT2D eigenvalue weighted by molar-refractivity contribution is 0.0961. The third kappa shape index (κ3) is 5.66. The number of nitrogen functional groups attached to an aromatic ring is 1. The predicted octanol–water partition coefficient (Wildman–Crippen LogP) is 1.00. The van der Waals surface area contributed by atoms with E-state index < -0.39 is 0 Å². The lowest BCUT2D eigenvalue weighted by atomic mass is 10.4. The van der Waals surface area contributed by atoms with E-state index in [4.69, 9.17) is 10.8 Å². The maximum atomic E-state index is 11.9. The van der Waals surface area contributed by atoms with Crippen LogP contribution in [-0.4, -0.2) is 47.2 Å². The Balaban J connectivity index is 2.32. The van der Waals surface area contributed by atoms with Crippen molar-refractivity contribution in [2.45, 2.75) is 13.3 Å². The number of aromatic nitrogens is 1. The van der Waals surface area contributed by atoms with Crippen molar-refractivity contribution in [3.8, 4) is 0 Å². The van der Waals surface area contributed by atoms with Crippen molar-refractivity contribution < 1.29 is 9.90 Å². The quantitative estimate of drug-likeness (QED) is 0.508. The Morgan fingerprint density at radius 3 is 3.00 bits per heavy atom. The standard InChI is InChI=1S/C11H20N4O2S2/c1-2-13-11-15-9(12)8(19-11)10(17)14-4-7-18-6-3-5-16/h16H,2-7,12H2,1H3,(H,13,15)(H,14,17). The first kappa shape index (κ1) is 16.1. The molecule has 0 radical (unpaired) electrons. The highest BCUT2D eigenvalue weighted by Crippen LogP contribution is 2.24. The zero-order valence-corrected chi connectivity index (χ0v) is 12.6. The topological polar surface area (TPSA) is 100 Å². The van der Waals surface area contributed by atoms with Crippen LogP contribution in [0.1, 0.15) is 23.0 Å². The number of thiazole rings is 1. The number of hydrogen-bond donors (Lipinski definition) is 4. The van der Waals surface area contributed by atoms with Gasteiger partial charge < -0.3 is 21.5 Å². The summed E-state index contributed by atoms with van der Waals surface area (Å²) >= 11 is 2.97. The molecule has 0 saturated carbocycles. The molecular weight excluding hydrogens is 284 g/mol. The van der Waals surface area contributed by atoms with Gasteiger partial charge in [-0.1, -0.05) is 11.3 Å². The summed E-state index contributed by atoms with van der Waals surface area (Å²) in [6.45, 7) is 3.50. The number of thioether (sulfide) groups is 1. The number of nitrogens with zero attached hydrogens (tertiary/aromatic N) is 1. The van der Waals surface area contributed by atoms with E-state index in [0.717, 1.165) is 24.5 Å². The van der Waals surface area contributed by atoms with E-state index in [2.05, 4.69) is 15.6 Å². The van der Waals surface area contributed by atoms with Crippen LogP contribution in [0.4, 0.5) is 10.9 Å². The zero-order chi connectivity index (χ0) is 14.1. The Bertz CT molecular complexity index is 398. The molecule has 6 nitrogen and oxygen atoms in total. The number of nitrogens with two attached hydrogens (primary N) is 1. The second-order valence-electron chi connectivity index (χ2n) is 3.71. The van der Waals surface area contributed by atoms with Crippen LogP contribution < -0.4 is 16.4 Å². The van der Waals surface area contributed by atoms with Gasteiger partial charge in [-0.3, -0.25) is 4.79 Å². The molecule has 1 rings (SSSR count). The summed E-state index contributed by atoms with van der Waals surface area (Å²) in [5, 5.41) is 15.1. The van der Waals surface area contributed by atoms with Gasteiger partial charge in [-0.05, 0) is 19.1 Å². The van der Waals surface area contributed by atoms with Crippen molar-refractivity contribution in [1.29, 1.82) is 0 Å². The fraction of sp³-hybridized carbons (Fsp3) is 0.636. The van der Waals surface area contributed by atoms with Crippen molar-refractivity contribution in [2.24, 2.45) is 0 Å². The first-order chi connectivity index (χ1) is 9.19. The molecule has 108 valence electrons. The fourth-order valence-corrected chi connectivity index (χ4v) is 2.96. The number of carbonyl (C=O) groups excluding carboxylic acids is 1. The summed E-state index contributed by atoms with van der Waals surface area (Å²) in [4.78, 5) is 16.4. The Labute approximate surface area is 121 Å². The summed E-state index contributed by atoms with van der Waals surface area (Å²) < 4.78 is 0. The van der Waals surface area contributed by atoms with Crippen LogP contribution in [0.5, 0.6) is 0 Å². The van der Waals surface area contributed by atoms with Gasteiger partial charge in [-0.15, -0.1) is 0 Å². The zero-order valence-electron chi connectivity index (χ0n) is 10.9. The molecule has 0 fully saturated rings. The van der Waals surface area contributed by atoms with Gasteiger partial charge in [0.2, 0.25) is 0 Å². The molecule has 5 N–H and O–H groups in total. The molecule has 8 heteroatoms. The maximum absolute atomic E-state index is 11.9. The molecule has 1 aromatic rings. The van der Waals surface area contributed by atoms with Gasteiger partial charge >= 0.3 is 0 Å². The first-order valence-electron chi connectivity index (χ1n) is 6.16. The first-order valence-corrected chi connectivity index (χ1v) is 8.13. The molecule has 0 aliphatic heterocycles. The van der Waals surface area contributed by atoms with Gasteiger partial charge in [0.25, 0.3) is 5.91 Å². The van der Waals surface area contributed by atoms with Crippen molar-refractivity contribution in [3.05, 3.63) is 4.88 Å². The van der Waals surface area contributed by atoms with Crippen LogP contribution in [0.3, 0.4) is 0 Å². The molecular formula is C11H20N4O2S2. The van der Waals surface area contributed by atoms with Gasteiger partial charge in [0.15, 0.2) is 5.13 Å². The number of nitrogens with one attached hydrogen (secondary N) is 2. The SMILES string of the molecule is CCNc1nc(N)c(C(=O)NCCSCCCO)s1. The van der Waals surface area contributed by atoms with Crippen molar-refractivity contribution >= 4 is 40.0 Å². The van der Waals surface area contributed by atoms with E-state index in [1.807, 2.05) is 6.92 Å². The Morgan fingerprint density at radius 1 is 1.53 bits per heavy atom. The fourth-order valence-electron chi connectivity index (χ4n) is 1.31. The predicted molar refractivity (Wildman–Crippen MR) is 82.1 cm³/mol. The molecule has 0 saturated heterocycles. The molecule has 1 amide bonds. The van der Waals surface area contributed by atoms with Gasteiger partial charge in [0.05, 0.1) is 0 Å². The minimum Gasteiger partial charge on any atom is -0.396 e. The highest BCUT2D eigenvalue weighted by Gasteiger charge is 2.15. The molecule has 1 heterocycles. The molecule has 0 aliphatic carbocycles. The largest absolute Gasteiger partial charge is 0.396 e. The van der Waals surface area contributed by atoms with E-state index in [1.54, 1.807) is 11.8 Å². The maximum Gasteiger partial charge on any atom is 0.265 e. The van der Waals surface area contributed by atoms with Crippen LogP contribution >= 0.6 is 23.1 Å². The van der Waals surface area contributed by atoms with E-state index in [9.17, 15) is 4.79 Å². The summed E-state index contributed by atoms with van der Waals surface area (Å²) in [5.41, 5.74) is 5.71. The average molecular weight is 304 g/mol. The average Bonchev–Trinajstić information content (AvgIpc) is 2.75. The van der Waals surface area contributed by atoms with Crippen LogP contribution in [0, 0.1) is 0 Å². The van der Waals surface area contributed by atoms with Gasteiger partial charge in [-0.2, -0.15) is 11.8 Å². The number of anilines is 2. The van der Waals surface area contributed by atoms with Crippen LogP contribution in [0.15, 0.2) is 0 Å². The van der Waals surface area contributed by atoms with E-state index >= 15 is 0 Å². The summed E-state index contributed by atoms with van der Waals surface area (Å²) in [5.74, 6) is 1.82. The summed E-state index contributed by atoms with van der Waals surface area (Å²) in [6.07, 6.45) is 0.784. The lowest BCUT2D eigenvalue weighted by Gasteiger charge is -2.03. The lowest BCUT2D eigenvalue weighted by Crippen LogP contribution is -2.25. The highest BCUT2D eigenvalue weighted by molar-refractivity contribution is 7.99. The molecule has 0 aromatic carbocycles. The van der Waals surface area contributed by atoms with E-state index in [1.165, 1.54) is 11.3 Å². The number of aliphatic hydroxyl groups excluding tert-OH is 1. The molecule has 0 unspecified atom stereocenters. The number of rotatable bonds is 9. The third-order valence-corrected chi connectivity index (χ3v) is 4.26. The molecule has 0 atom stereocenters. The van der Waals surface area contributed by atoms with Crippen LogP contribution in [-0.2, 0) is 0 Å². The number of hydrogen-bond acceptors (Lipinski definition) is 7. The second-order valence-corrected chi connectivity index (χ2v) is 5.93. The minimum atomic E-state index is -0.179. The molecule has 0 aliphatic rings. The Morgan fingerprint density at radius 2 is 2.32 bits per heavy atom. The van der Waals surface area contributed by atoms with Crippen LogP contribution in [0.2, 0.25) is 0 Å². The van der Waals surface area contributed by atoms with Crippen molar-refractivity contribution in [2.75, 3.05) is 42.3 Å². The molecule has 0 spiro atoms. The number of aliphatic hydroxyl groups is 1. The smallest absolute Gasteiger partial charge is 0.265 e. The van der Waals surface area contributed by atoms with Gasteiger partial charge in [-0.25, -0.2) is 4.98 Å². The molecule has 0 bridgehead atoms. The Hall–Kier alpha value is -0.990. The van der Waals surface area contributed by atoms with E-state index in [0.29, 0.717) is 16.6 Å². The second kappa shape index (κ2) is 9.00. The molecule has 19 heavy (non-hydrogen) atoms.